The van der Waals surface area contributed by atoms with Crippen molar-refractivity contribution in [3.63, 3.8) is 0 Å². The van der Waals surface area contributed by atoms with Crippen LogP contribution in [0.5, 0.6) is 0 Å². The molecule has 0 spiro atoms. The lowest BCUT2D eigenvalue weighted by atomic mass is 9.96. The lowest BCUT2D eigenvalue weighted by Gasteiger charge is -2.28. The van der Waals surface area contributed by atoms with Gasteiger partial charge in [-0.3, -0.25) is 0 Å². The van der Waals surface area contributed by atoms with E-state index in [2.05, 4.69) is 193 Å². The van der Waals surface area contributed by atoms with Gasteiger partial charge in [-0.1, -0.05) is 158 Å². The molecule has 236 valence electrons. The van der Waals surface area contributed by atoms with Gasteiger partial charge in [0, 0.05) is 33.3 Å². The summed E-state index contributed by atoms with van der Waals surface area (Å²) in [5, 5.41) is 2.27. The van der Waals surface area contributed by atoms with E-state index in [1.807, 2.05) is 12.1 Å². The molecule has 2 nitrogen and oxygen atoms in total. The van der Waals surface area contributed by atoms with Gasteiger partial charge >= 0.3 is 0 Å². The van der Waals surface area contributed by atoms with Gasteiger partial charge in [-0.05, 0) is 75.8 Å². The highest BCUT2D eigenvalue weighted by molar-refractivity contribution is 6.09. The second-order valence-electron chi connectivity index (χ2n) is 12.5. The third-order valence-electron chi connectivity index (χ3n) is 9.48. The van der Waals surface area contributed by atoms with Gasteiger partial charge < -0.3 is 9.32 Å². The molecule has 0 aliphatic heterocycles. The van der Waals surface area contributed by atoms with E-state index >= 15 is 0 Å². The fourth-order valence-corrected chi connectivity index (χ4v) is 7.06. The quantitative estimate of drug-likeness (QED) is 0.173. The summed E-state index contributed by atoms with van der Waals surface area (Å²) in [4.78, 5) is 2.38. The van der Waals surface area contributed by atoms with Crippen molar-refractivity contribution in [1.29, 1.82) is 0 Å². The summed E-state index contributed by atoms with van der Waals surface area (Å²) in [6, 6.07) is 71.1. The Bertz CT molecular complexity index is 2580. The van der Waals surface area contributed by atoms with Gasteiger partial charge in [0.05, 0.1) is 5.69 Å². The zero-order valence-electron chi connectivity index (χ0n) is 27.4. The van der Waals surface area contributed by atoms with E-state index in [1.54, 1.807) is 0 Å². The largest absolute Gasteiger partial charge is 0.455 e. The average molecular weight is 640 g/mol. The Morgan fingerprint density at radius 2 is 0.860 bits per heavy atom. The number of fused-ring (bicyclic) bond motifs is 3. The molecule has 0 amide bonds. The van der Waals surface area contributed by atoms with Crippen LogP contribution < -0.4 is 4.90 Å². The molecular weight excluding hydrogens is 607 g/mol. The molecule has 0 N–H and O–H groups in total. The Balaban J connectivity index is 1.19. The van der Waals surface area contributed by atoms with Crippen LogP contribution in [0.3, 0.4) is 0 Å². The molecule has 0 radical (unpaired) electrons. The van der Waals surface area contributed by atoms with Crippen LogP contribution in [0.2, 0.25) is 0 Å². The number of nitrogens with zero attached hydrogens (tertiary/aromatic N) is 1. The fraction of sp³-hybridized carbons (Fsp3) is 0. The number of furan rings is 1. The Hall–Kier alpha value is -6.64. The fourth-order valence-electron chi connectivity index (χ4n) is 7.06. The first-order chi connectivity index (χ1) is 24.8. The Labute approximate surface area is 292 Å². The summed E-state index contributed by atoms with van der Waals surface area (Å²) in [6.45, 7) is 0. The number of hydrogen-bond donors (Lipinski definition) is 0. The number of hydrogen-bond acceptors (Lipinski definition) is 2. The molecule has 0 atom stereocenters. The summed E-state index contributed by atoms with van der Waals surface area (Å²) < 4.78 is 6.44. The van der Waals surface area contributed by atoms with Crippen molar-refractivity contribution >= 4 is 39.0 Å². The third-order valence-corrected chi connectivity index (χ3v) is 9.48. The smallest absolute Gasteiger partial charge is 0.143 e. The van der Waals surface area contributed by atoms with Gasteiger partial charge in [0.2, 0.25) is 0 Å². The number of rotatable bonds is 7. The maximum atomic E-state index is 6.44. The molecule has 1 aromatic heterocycles. The van der Waals surface area contributed by atoms with Crippen LogP contribution >= 0.6 is 0 Å². The number of anilines is 3. The van der Waals surface area contributed by atoms with Gasteiger partial charge in [0.25, 0.3) is 0 Å². The molecule has 0 fully saturated rings. The van der Waals surface area contributed by atoms with Crippen molar-refractivity contribution < 1.29 is 4.42 Å². The zero-order valence-corrected chi connectivity index (χ0v) is 27.4. The summed E-state index contributed by atoms with van der Waals surface area (Å²) in [7, 11) is 0. The van der Waals surface area contributed by atoms with Crippen LogP contribution in [0.15, 0.2) is 205 Å². The zero-order chi connectivity index (χ0) is 33.3. The van der Waals surface area contributed by atoms with Crippen LogP contribution in [0, 0.1) is 0 Å². The van der Waals surface area contributed by atoms with E-state index in [1.165, 1.54) is 22.3 Å². The van der Waals surface area contributed by atoms with E-state index < -0.39 is 0 Å². The molecule has 9 rings (SSSR count). The highest BCUT2D eigenvalue weighted by Crippen LogP contribution is 2.43. The number of benzene rings is 8. The van der Waals surface area contributed by atoms with Crippen molar-refractivity contribution in [1.82, 2.24) is 0 Å². The standard InChI is InChI=1S/C48H33NO/c1-3-14-34(15-4-1)36-28-30-40(31-29-36)49(41-21-12-18-37(33-41)35-16-5-2-6-17-35)46-26-9-7-22-42(46)38-19-11-20-39(32-38)43-24-13-25-45-44-23-8-10-27-47(44)50-48(43)45/h1-33H. The van der Waals surface area contributed by atoms with Crippen molar-refractivity contribution in [2.45, 2.75) is 0 Å². The minimum absolute atomic E-state index is 0.906. The van der Waals surface area contributed by atoms with Crippen molar-refractivity contribution in [2.75, 3.05) is 4.90 Å². The first kappa shape index (κ1) is 29.5. The highest BCUT2D eigenvalue weighted by Gasteiger charge is 2.19. The lowest BCUT2D eigenvalue weighted by Crippen LogP contribution is -2.11. The van der Waals surface area contributed by atoms with Crippen LogP contribution in [0.4, 0.5) is 17.1 Å². The maximum absolute atomic E-state index is 6.44. The van der Waals surface area contributed by atoms with E-state index in [0.29, 0.717) is 0 Å². The SMILES string of the molecule is c1ccc(-c2ccc(N(c3cccc(-c4ccccc4)c3)c3ccccc3-c3cccc(-c4cccc5c4oc4ccccc45)c3)cc2)cc1. The molecular formula is C48H33NO. The van der Waals surface area contributed by atoms with E-state index in [9.17, 15) is 0 Å². The predicted molar refractivity (Wildman–Crippen MR) is 210 cm³/mol. The molecule has 0 aliphatic rings. The monoisotopic (exact) mass is 639 g/mol. The van der Waals surface area contributed by atoms with Gasteiger partial charge in [-0.25, -0.2) is 0 Å². The molecule has 0 aliphatic carbocycles. The van der Waals surface area contributed by atoms with E-state index in [4.69, 9.17) is 4.42 Å². The minimum atomic E-state index is 0.906. The van der Waals surface area contributed by atoms with Gasteiger partial charge in [0.15, 0.2) is 0 Å². The van der Waals surface area contributed by atoms with Crippen LogP contribution in [0.25, 0.3) is 66.4 Å². The van der Waals surface area contributed by atoms with Crippen LogP contribution in [-0.4, -0.2) is 0 Å². The lowest BCUT2D eigenvalue weighted by molar-refractivity contribution is 0.670. The van der Waals surface area contributed by atoms with Crippen LogP contribution in [0.1, 0.15) is 0 Å². The van der Waals surface area contributed by atoms with E-state index in [0.717, 1.165) is 61.3 Å². The summed E-state index contributed by atoms with van der Waals surface area (Å²) in [6.07, 6.45) is 0. The van der Waals surface area contributed by atoms with Crippen molar-refractivity contribution in [2.24, 2.45) is 0 Å². The van der Waals surface area contributed by atoms with Crippen molar-refractivity contribution in [3.05, 3.63) is 200 Å². The second-order valence-corrected chi connectivity index (χ2v) is 12.5. The molecule has 0 bridgehead atoms. The number of para-hydroxylation sites is 3. The molecule has 50 heavy (non-hydrogen) atoms. The predicted octanol–water partition coefficient (Wildman–Crippen LogP) is 13.7. The first-order valence-electron chi connectivity index (χ1n) is 17.0. The molecule has 0 saturated carbocycles. The summed E-state index contributed by atoms with van der Waals surface area (Å²) in [5.41, 5.74) is 14.3. The Morgan fingerprint density at radius 3 is 1.66 bits per heavy atom. The highest BCUT2D eigenvalue weighted by atomic mass is 16.3. The van der Waals surface area contributed by atoms with Crippen LogP contribution in [-0.2, 0) is 0 Å². The van der Waals surface area contributed by atoms with Gasteiger partial charge in [-0.2, -0.15) is 0 Å². The topological polar surface area (TPSA) is 16.4 Å². The Morgan fingerprint density at radius 1 is 0.320 bits per heavy atom. The average Bonchev–Trinajstić information content (AvgIpc) is 3.58. The van der Waals surface area contributed by atoms with E-state index in [-0.39, 0.29) is 0 Å². The van der Waals surface area contributed by atoms with Gasteiger partial charge in [-0.15, -0.1) is 0 Å². The summed E-state index contributed by atoms with van der Waals surface area (Å²) >= 11 is 0. The molecule has 2 heteroatoms. The molecule has 0 saturated heterocycles. The molecule has 0 unspecified atom stereocenters. The van der Waals surface area contributed by atoms with Gasteiger partial charge in [0.1, 0.15) is 11.2 Å². The molecule has 8 aromatic carbocycles. The maximum Gasteiger partial charge on any atom is 0.143 e. The third kappa shape index (κ3) is 5.43. The summed E-state index contributed by atoms with van der Waals surface area (Å²) in [5.74, 6) is 0. The van der Waals surface area contributed by atoms with Crippen molar-refractivity contribution in [3.8, 4) is 44.5 Å². The minimum Gasteiger partial charge on any atom is -0.455 e. The second kappa shape index (κ2) is 12.8. The molecule has 1 heterocycles. The molecule has 9 aromatic rings. The first-order valence-corrected chi connectivity index (χ1v) is 17.0. The Kier molecular flexibility index (Phi) is 7.53. The normalized spacial score (nSPS) is 11.2.